The van der Waals surface area contributed by atoms with Crippen LogP contribution in [-0.2, 0) is 0 Å². The van der Waals surface area contributed by atoms with Crippen molar-refractivity contribution >= 4 is 17.8 Å². The zero-order chi connectivity index (χ0) is 16.2. The van der Waals surface area contributed by atoms with Crippen LogP contribution >= 0.6 is 11.8 Å². The summed E-state index contributed by atoms with van der Waals surface area (Å²) in [4.78, 5) is 17.3. The number of fused-ring (bicyclic) bond motifs is 1. The Labute approximate surface area is 138 Å². The average molecular weight is 331 g/mol. The van der Waals surface area contributed by atoms with E-state index in [4.69, 9.17) is 0 Å². The van der Waals surface area contributed by atoms with Gasteiger partial charge in [-0.25, -0.2) is 9.18 Å². The lowest BCUT2D eigenvalue weighted by atomic mass is 10.0. The highest BCUT2D eigenvalue weighted by molar-refractivity contribution is 7.99. The Hall–Kier alpha value is -2.08. The molecular weight excluding hydrogens is 313 g/mol. The molecule has 120 valence electrons. The fourth-order valence-corrected chi connectivity index (χ4v) is 3.75. The predicted molar refractivity (Wildman–Crippen MR) is 88.8 cm³/mol. The highest BCUT2D eigenvalue weighted by Crippen LogP contribution is 2.36. The Morgan fingerprint density at radius 2 is 2.13 bits per heavy atom. The minimum Gasteiger partial charge on any atom is -0.332 e. The largest absolute Gasteiger partial charge is 0.332 e. The van der Waals surface area contributed by atoms with Gasteiger partial charge in [0.05, 0.1) is 12.1 Å². The lowest BCUT2D eigenvalue weighted by molar-refractivity contribution is 0.233. The first kappa shape index (κ1) is 15.8. The molecule has 2 aromatic rings. The molecule has 1 aromatic heterocycles. The maximum Gasteiger partial charge on any atom is 0.315 e. The van der Waals surface area contributed by atoms with Gasteiger partial charge in [-0.3, -0.25) is 4.98 Å². The number of amides is 2. The molecule has 2 unspecified atom stereocenters. The number of pyridine rings is 1. The second-order valence-electron chi connectivity index (χ2n) is 5.49. The third kappa shape index (κ3) is 3.82. The van der Waals surface area contributed by atoms with Gasteiger partial charge in [-0.15, -0.1) is 11.8 Å². The summed E-state index contributed by atoms with van der Waals surface area (Å²) in [5.41, 5.74) is 1.84. The number of benzene rings is 1. The molecule has 2 atom stereocenters. The van der Waals surface area contributed by atoms with Crippen LogP contribution in [0.2, 0.25) is 0 Å². The van der Waals surface area contributed by atoms with Crippen LogP contribution in [0.5, 0.6) is 0 Å². The number of hydrogen-bond donors (Lipinski definition) is 2. The summed E-state index contributed by atoms with van der Waals surface area (Å²) in [5.74, 6) is 0.632. The monoisotopic (exact) mass is 331 g/mol. The van der Waals surface area contributed by atoms with Crippen molar-refractivity contribution in [2.75, 3.05) is 5.75 Å². The normalized spacial score (nSPS) is 17.9. The van der Waals surface area contributed by atoms with Gasteiger partial charge in [0, 0.05) is 23.0 Å². The molecule has 0 saturated heterocycles. The van der Waals surface area contributed by atoms with Crippen molar-refractivity contribution in [2.24, 2.45) is 0 Å². The molecule has 1 aliphatic heterocycles. The van der Waals surface area contributed by atoms with E-state index in [1.54, 1.807) is 30.2 Å². The first-order valence-corrected chi connectivity index (χ1v) is 8.51. The molecule has 0 saturated carbocycles. The molecule has 2 amide bonds. The number of thioether (sulfide) groups is 1. The zero-order valence-corrected chi connectivity index (χ0v) is 13.6. The van der Waals surface area contributed by atoms with Gasteiger partial charge in [-0.2, -0.15) is 0 Å². The van der Waals surface area contributed by atoms with Crippen LogP contribution in [0.3, 0.4) is 0 Å². The minimum atomic E-state index is -0.274. The molecule has 0 fully saturated rings. The fraction of sp³-hybridized carbons (Fsp3) is 0.294. The smallest absolute Gasteiger partial charge is 0.315 e. The highest BCUT2D eigenvalue weighted by atomic mass is 32.2. The Kier molecular flexibility index (Phi) is 4.81. The van der Waals surface area contributed by atoms with Gasteiger partial charge in [-0.1, -0.05) is 0 Å². The summed E-state index contributed by atoms with van der Waals surface area (Å²) < 4.78 is 13.5. The van der Waals surface area contributed by atoms with Crippen molar-refractivity contribution in [3.05, 3.63) is 59.7 Å². The number of urea groups is 1. The van der Waals surface area contributed by atoms with E-state index in [2.05, 4.69) is 15.6 Å². The van der Waals surface area contributed by atoms with Gasteiger partial charge in [0.1, 0.15) is 5.82 Å². The Morgan fingerprint density at radius 1 is 1.35 bits per heavy atom. The van der Waals surface area contributed by atoms with Gasteiger partial charge in [0.2, 0.25) is 0 Å². The molecule has 2 N–H and O–H groups in total. The van der Waals surface area contributed by atoms with Gasteiger partial charge in [0.25, 0.3) is 0 Å². The number of nitrogens with zero attached hydrogens (tertiary/aromatic N) is 1. The summed E-state index contributed by atoms with van der Waals surface area (Å²) in [6.07, 6.45) is 4.18. The number of aromatic nitrogens is 1. The number of carbonyl (C=O) groups excluding carboxylic acids is 1. The van der Waals surface area contributed by atoms with Gasteiger partial charge >= 0.3 is 6.03 Å². The summed E-state index contributed by atoms with van der Waals surface area (Å²) in [5, 5.41) is 5.87. The Bertz CT molecular complexity index is 695. The fourth-order valence-electron chi connectivity index (χ4n) is 2.65. The summed E-state index contributed by atoms with van der Waals surface area (Å²) >= 11 is 1.69. The Morgan fingerprint density at radius 3 is 2.91 bits per heavy atom. The van der Waals surface area contributed by atoms with Crippen molar-refractivity contribution in [1.82, 2.24) is 15.6 Å². The summed E-state index contributed by atoms with van der Waals surface area (Å²) in [7, 11) is 0. The second-order valence-corrected chi connectivity index (χ2v) is 6.63. The van der Waals surface area contributed by atoms with E-state index in [1.807, 2.05) is 19.1 Å². The molecule has 0 radical (unpaired) electrons. The molecule has 4 nitrogen and oxygen atoms in total. The minimum absolute atomic E-state index is 0.122. The molecule has 23 heavy (non-hydrogen) atoms. The highest BCUT2D eigenvalue weighted by Gasteiger charge is 2.23. The molecule has 2 heterocycles. The van der Waals surface area contributed by atoms with Crippen molar-refractivity contribution in [2.45, 2.75) is 30.3 Å². The summed E-state index contributed by atoms with van der Waals surface area (Å²) in [6.45, 7) is 1.92. The number of nitrogens with one attached hydrogen (secondary N) is 2. The predicted octanol–water partition coefficient (Wildman–Crippen LogP) is 3.82. The lowest BCUT2D eigenvalue weighted by Gasteiger charge is -2.27. The number of hydrogen-bond acceptors (Lipinski definition) is 3. The van der Waals surface area contributed by atoms with Crippen molar-refractivity contribution in [1.29, 1.82) is 0 Å². The van der Waals surface area contributed by atoms with E-state index in [9.17, 15) is 9.18 Å². The summed E-state index contributed by atoms with van der Waals surface area (Å²) in [6, 6.07) is 7.95. The first-order chi connectivity index (χ1) is 11.1. The molecular formula is C17H18FN3OS. The maximum absolute atomic E-state index is 13.5. The molecule has 6 heteroatoms. The quantitative estimate of drug-likeness (QED) is 0.899. The third-order valence-corrected chi connectivity index (χ3v) is 4.99. The Balaban J connectivity index is 1.66. The van der Waals surface area contributed by atoms with Crippen LogP contribution in [0.1, 0.15) is 36.6 Å². The second kappa shape index (κ2) is 7.00. The van der Waals surface area contributed by atoms with E-state index in [1.165, 1.54) is 12.1 Å². The van der Waals surface area contributed by atoms with E-state index in [-0.39, 0.29) is 23.9 Å². The SMILES string of the molecule is CC(NC(=O)NC1CCSc2ccc(F)cc21)c1ccncc1. The maximum atomic E-state index is 13.5. The molecule has 1 aromatic carbocycles. The van der Waals surface area contributed by atoms with Gasteiger partial charge in [-0.05, 0) is 54.8 Å². The van der Waals surface area contributed by atoms with Crippen molar-refractivity contribution in [3.63, 3.8) is 0 Å². The van der Waals surface area contributed by atoms with E-state index in [0.717, 1.165) is 28.2 Å². The molecule has 0 spiro atoms. The van der Waals surface area contributed by atoms with Crippen LogP contribution in [0, 0.1) is 5.82 Å². The molecule has 0 bridgehead atoms. The van der Waals surface area contributed by atoms with E-state index < -0.39 is 0 Å². The molecule has 0 aliphatic carbocycles. The van der Waals surface area contributed by atoms with Crippen LogP contribution in [0.25, 0.3) is 0 Å². The van der Waals surface area contributed by atoms with Gasteiger partial charge < -0.3 is 10.6 Å². The van der Waals surface area contributed by atoms with Crippen molar-refractivity contribution < 1.29 is 9.18 Å². The first-order valence-electron chi connectivity index (χ1n) is 7.52. The van der Waals surface area contributed by atoms with Gasteiger partial charge in [0.15, 0.2) is 0 Å². The van der Waals surface area contributed by atoms with Crippen molar-refractivity contribution in [3.8, 4) is 0 Å². The van der Waals surface area contributed by atoms with Crippen LogP contribution in [-0.4, -0.2) is 16.8 Å². The van der Waals surface area contributed by atoms with Crippen LogP contribution in [0.4, 0.5) is 9.18 Å². The third-order valence-electron chi connectivity index (χ3n) is 3.87. The lowest BCUT2D eigenvalue weighted by Crippen LogP contribution is -2.40. The standard InChI is InChI=1S/C17H18FN3OS/c1-11(12-4-7-19-8-5-12)20-17(22)21-15-6-9-23-16-3-2-13(18)10-14(15)16/h2-5,7-8,10-11,15H,6,9H2,1H3,(H2,20,21,22). The molecule has 3 rings (SSSR count). The van der Waals surface area contributed by atoms with E-state index in [0.29, 0.717) is 0 Å². The zero-order valence-electron chi connectivity index (χ0n) is 12.8. The average Bonchev–Trinajstić information content (AvgIpc) is 2.56. The number of halogens is 1. The van der Waals surface area contributed by atoms with Crippen LogP contribution in [0.15, 0.2) is 47.6 Å². The van der Waals surface area contributed by atoms with E-state index >= 15 is 0 Å². The molecule has 1 aliphatic rings. The topological polar surface area (TPSA) is 54.0 Å². The van der Waals surface area contributed by atoms with Crippen LogP contribution < -0.4 is 10.6 Å². The number of carbonyl (C=O) groups is 1. The number of rotatable bonds is 3.